The smallest absolute Gasteiger partial charge is 0.273 e. The third-order valence-electron chi connectivity index (χ3n) is 3.26. The summed E-state index contributed by atoms with van der Waals surface area (Å²) in [5.74, 6) is 0. The first-order valence-electron chi connectivity index (χ1n) is 7.28. The van der Waals surface area contributed by atoms with Crippen LogP contribution in [0, 0.1) is 10.1 Å². The minimum Gasteiger partial charge on any atom is -0.312 e. The molecule has 0 aliphatic heterocycles. The van der Waals surface area contributed by atoms with Crippen LogP contribution in [-0.4, -0.2) is 11.5 Å². The largest absolute Gasteiger partial charge is 0.312 e. The molecule has 0 saturated heterocycles. The fourth-order valence-electron chi connectivity index (χ4n) is 2.13. The van der Waals surface area contributed by atoms with Gasteiger partial charge in [0.05, 0.1) is 4.92 Å². The summed E-state index contributed by atoms with van der Waals surface area (Å²) in [5, 5.41) is 14.2. The molecule has 0 spiro atoms. The maximum absolute atomic E-state index is 10.9. The molecule has 0 saturated carbocycles. The van der Waals surface area contributed by atoms with Gasteiger partial charge in [0.15, 0.2) is 0 Å². The van der Waals surface area contributed by atoms with Crippen molar-refractivity contribution in [2.24, 2.45) is 0 Å². The van der Waals surface area contributed by atoms with Gasteiger partial charge in [-0.15, -0.1) is 0 Å². The predicted octanol–water partition coefficient (Wildman–Crippen LogP) is 4.81. The summed E-state index contributed by atoms with van der Waals surface area (Å²) in [6.07, 6.45) is 7.54. The molecule has 5 heteroatoms. The van der Waals surface area contributed by atoms with Crippen LogP contribution < -0.4 is 5.32 Å². The van der Waals surface area contributed by atoms with E-state index in [-0.39, 0.29) is 10.6 Å². The molecule has 0 heterocycles. The maximum Gasteiger partial charge on any atom is 0.273 e. The lowest BCUT2D eigenvalue weighted by Gasteiger charge is -2.06. The lowest BCUT2D eigenvalue weighted by molar-refractivity contribution is -0.385. The second-order valence-electron chi connectivity index (χ2n) is 4.97. The molecular weight excluding hydrogens is 320 g/mol. The minimum absolute atomic E-state index is 0.184. The van der Waals surface area contributed by atoms with Crippen molar-refractivity contribution in [1.82, 2.24) is 5.32 Å². The molecule has 0 radical (unpaired) electrons. The van der Waals surface area contributed by atoms with Crippen LogP contribution in [0.1, 0.15) is 51.0 Å². The molecule has 0 aliphatic rings. The number of nitrogens with zero attached hydrogens (tertiary/aromatic N) is 1. The van der Waals surface area contributed by atoms with E-state index in [1.807, 2.05) is 6.07 Å². The van der Waals surface area contributed by atoms with Crippen molar-refractivity contribution in [3.8, 4) is 0 Å². The van der Waals surface area contributed by atoms with E-state index in [0.29, 0.717) is 6.54 Å². The number of nitro benzene ring substituents is 1. The summed E-state index contributed by atoms with van der Waals surface area (Å²) < 4.78 is 0.875. The van der Waals surface area contributed by atoms with Gasteiger partial charge < -0.3 is 5.32 Å². The number of rotatable bonds is 10. The highest BCUT2D eigenvalue weighted by atomic mass is 79.9. The van der Waals surface area contributed by atoms with Crippen molar-refractivity contribution in [3.05, 3.63) is 38.3 Å². The zero-order valence-electron chi connectivity index (χ0n) is 12.0. The highest BCUT2D eigenvalue weighted by Crippen LogP contribution is 2.22. The van der Waals surface area contributed by atoms with E-state index in [4.69, 9.17) is 0 Å². The Morgan fingerprint density at radius 2 is 1.90 bits per heavy atom. The number of hydrogen-bond acceptors (Lipinski definition) is 3. The van der Waals surface area contributed by atoms with Crippen molar-refractivity contribution >= 4 is 21.6 Å². The SMILES string of the molecule is CCCCCCCCNCc1cc(Br)ccc1[N+](=O)[O-]. The van der Waals surface area contributed by atoms with Crippen LogP contribution in [0.2, 0.25) is 0 Å². The van der Waals surface area contributed by atoms with Gasteiger partial charge in [-0.2, -0.15) is 0 Å². The molecule has 0 aliphatic carbocycles. The summed E-state index contributed by atoms with van der Waals surface area (Å²) in [6.45, 7) is 3.67. The summed E-state index contributed by atoms with van der Waals surface area (Å²) in [6, 6.07) is 5.06. The fourth-order valence-corrected chi connectivity index (χ4v) is 2.54. The number of benzene rings is 1. The van der Waals surface area contributed by atoms with E-state index in [2.05, 4.69) is 28.2 Å². The van der Waals surface area contributed by atoms with Crippen LogP contribution in [0.5, 0.6) is 0 Å². The number of unbranched alkanes of at least 4 members (excludes halogenated alkanes) is 5. The fraction of sp³-hybridized carbons (Fsp3) is 0.600. The molecular formula is C15H23BrN2O2. The third kappa shape index (κ3) is 6.48. The van der Waals surface area contributed by atoms with Gasteiger partial charge in [0.1, 0.15) is 0 Å². The van der Waals surface area contributed by atoms with E-state index in [0.717, 1.165) is 23.0 Å². The predicted molar refractivity (Wildman–Crippen MR) is 85.9 cm³/mol. The quantitative estimate of drug-likeness (QED) is 0.377. The van der Waals surface area contributed by atoms with Crippen LogP contribution in [0.15, 0.2) is 22.7 Å². The minimum atomic E-state index is -0.325. The molecule has 1 aromatic carbocycles. The van der Waals surface area contributed by atoms with E-state index in [1.165, 1.54) is 32.1 Å². The van der Waals surface area contributed by atoms with Crippen LogP contribution in [-0.2, 0) is 6.54 Å². The zero-order chi connectivity index (χ0) is 14.8. The first kappa shape index (κ1) is 17.1. The average molecular weight is 343 g/mol. The molecule has 0 aromatic heterocycles. The molecule has 20 heavy (non-hydrogen) atoms. The second-order valence-corrected chi connectivity index (χ2v) is 5.89. The Balaban J connectivity index is 2.28. The van der Waals surface area contributed by atoms with Crippen molar-refractivity contribution in [2.45, 2.75) is 52.0 Å². The number of halogens is 1. The van der Waals surface area contributed by atoms with Gasteiger partial charge >= 0.3 is 0 Å². The normalized spacial score (nSPS) is 10.7. The topological polar surface area (TPSA) is 55.2 Å². The van der Waals surface area contributed by atoms with Gasteiger partial charge in [-0.25, -0.2) is 0 Å². The van der Waals surface area contributed by atoms with Gasteiger partial charge in [-0.05, 0) is 25.1 Å². The van der Waals surface area contributed by atoms with E-state index in [1.54, 1.807) is 12.1 Å². The van der Waals surface area contributed by atoms with Crippen molar-refractivity contribution in [1.29, 1.82) is 0 Å². The summed E-state index contributed by atoms with van der Waals surface area (Å²) in [4.78, 5) is 10.6. The van der Waals surface area contributed by atoms with Gasteiger partial charge in [-0.1, -0.05) is 55.0 Å². The Morgan fingerprint density at radius 1 is 1.20 bits per heavy atom. The van der Waals surface area contributed by atoms with E-state index < -0.39 is 0 Å². The van der Waals surface area contributed by atoms with Gasteiger partial charge in [0.2, 0.25) is 0 Å². The van der Waals surface area contributed by atoms with E-state index in [9.17, 15) is 10.1 Å². The molecule has 1 N–H and O–H groups in total. The molecule has 0 unspecified atom stereocenters. The maximum atomic E-state index is 10.9. The highest BCUT2D eigenvalue weighted by Gasteiger charge is 2.12. The van der Waals surface area contributed by atoms with E-state index >= 15 is 0 Å². The second kappa shape index (κ2) is 9.88. The van der Waals surface area contributed by atoms with Crippen LogP contribution in [0.4, 0.5) is 5.69 Å². The van der Waals surface area contributed by atoms with Gasteiger partial charge in [0.25, 0.3) is 5.69 Å². The molecule has 0 bridgehead atoms. The third-order valence-corrected chi connectivity index (χ3v) is 3.75. The Kier molecular flexibility index (Phi) is 8.46. The van der Waals surface area contributed by atoms with Crippen molar-refractivity contribution < 1.29 is 4.92 Å². The van der Waals surface area contributed by atoms with Crippen molar-refractivity contribution in [2.75, 3.05) is 6.54 Å². The number of hydrogen-bond donors (Lipinski definition) is 1. The molecule has 0 amide bonds. The Morgan fingerprint density at radius 3 is 2.60 bits per heavy atom. The molecule has 112 valence electrons. The highest BCUT2D eigenvalue weighted by molar-refractivity contribution is 9.10. The monoisotopic (exact) mass is 342 g/mol. The molecule has 4 nitrogen and oxygen atoms in total. The summed E-state index contributed by atoms with van der Waals surface area (Å²) >= 11 is 3.35. The number of nitrogens with one attached hydrogen (secondary N) is 1. The standard InChI is InChI=1S/C15H23BrN2O2/c1-2-3-4-5-6-7-10-17-12-13-11-14(16)8-9-15(13)18(19)20/h8-9,11,17H,2-7,10,12H2,1H3. The summed E-state index contributed by atoms with van der Waals surface area (Å²) in [5.41, 5.74) is 0.916. The number of nitro groups is 1. The molecule has 0 fully saturated rings. The van der Waals surface area contributed by atoms with Crippen LogP contribution in [0.3, 0.4) is 0 Å². The Labute approximate surface area is 129 Å². The molecule has 1 aromatic rings. The lowest BCUT2D eigenvalue weighted by Crippen LogP contribution is -2.15. The molecule has 1 rings (SSSR count). The molecule has 0 atom stereocenters. The lowest BCUT2D eigenvalue weighted by atomic mass is 10.1. The van der Waals surface area contributed by atoms with Gasteiger partial charge in [-0.3, -0.25) is 10.1 Å². The van der Waals surface area contributed by atoms with Crippen LogP contribution >= 0.6 is 15.9 Å². The first-order valence-corrected chi connectivity index (χ1v) is 8.08. The zero-order valence-corrected chi connectivity index (χ0v) is 13.6. The van der Waals surface area contributed by atoms with Crippen molar-refractivity contribution in [3.63, 3.8) is 0 Å². The Bertz CT molecular complexity index is 424. The first-order chi connectivity index (χ1) is 9.65. The average Bonchev–Trinajstić information content (AvgIpc) is 2.41. The Hall–Kier alpha value is -0.940. The van der Waals surface area contributed by atoms with Gasteiger partial charge in [0, 0.05) is 22.6 Å². The van der Waals surface area contributed by atoms with Crippen LogP contribution in [0.25, 0.3) is 0 Å². The summed E-state index contributed by atoms with van der Waals surface area (Å²) in [7, 11) is 0.